The Kier molecular flexibility index (Phi) is 4.43. The van der Waals surface area contributed by atoms with Crippen molar-refractivity contribution in [3.8, 4) is 11.5 Å². The number of carbonyl (C=O) groups is 1. The maximum atomic E-state index is 12.9. The Hall–Kier alpha value is -2.87. The predicted molar refractivity (Wildman–Crippen MR) is 119 cm³/mol. The average molecular weight is 450 g/mol. The molecule has 0 amide bonds. The Morgan fingerprint density at radius 2 is 2.03 bits per heavy atom. The highest BCUT2D eigenvalue weighted by molar-refractivity contribution is 5.77. The van der Waals surface area contributed by atoms with E-state index in [-0.39, 0.29) is 6.04 Å². The molecule has 2 heterocycles. The summed E-state index contributed by atoms with van der Waals surface area (Å²) < 4.78 is 17.8. The normalized spacial score (nSPS) is 32.3. The van der Waals surface area contributed by atoms with Gasteiger partial charge in [-0.25, -0.2) is 4.79 Å². The van der Waals surface area contributed by atoms with Gasteiger partial charge in [-0.2, -0.15) is 0 Å². The summed E-state index contributed by atoms with van der Waals surface area (Å²) in [6.45, 7) is 0.788. The zero-order valence-corrected chi connectivity index (χ0v) is 18.7. The lowest BCUT2D eigenvalue weighted by atomic mass is 9.50. The maximum absolute atomic E-state index is 12.9. The first kappa shape index (κ1) is 20.7. The minimum Gasteiger partial charge on any atom is -0.493 e. The number of hydrogen-bond acceptors (Lipinski definition) is 7. The summed E-state index contributed by atoms with van der Waals surface area (Å²) in [5.74, 6) is 0.802. The van der Waals surface area contributed by atoms with E-state index < -0.39 is 29.2 Å². The van der Waals surface area contributed by atoms with E-state index in [2.05, 4.69) is 11.0 Å². The summed E-state index contributed by atoms with van der Waals surface area (Å²) in [6.07, 6.45) is 1.38. The van der Waals surface area contributed by atoms with Crippen LogP contribution >= 0.6 is 0 Å². The van der Waals surface area contributed by atoms with Gasteiger partial charge in [-0.05, 0) is 49.7 Å². The monoisotopic (exact) mass is 449 g/mol. The Bertz CT molecular complexity index is 1160. The molecule has 2 N–H and O–H groups in total. The number of esters is 1. The fourth-order valence-electron chi connectivity index (χ4n) is 6.53. The molecule has 7 heteroatoms. The van der Waals surface area contributed by atoms with Gasteiger partial charge in [-0.1, -0.05) is 36.4 Å². The van der Waals surface area contributed by atoms with E-state index >= 15 is 0 Å². The summed E-state index contributed by atoms with van der Waals surface area (Å²) in [6, 6.07) is 12.6. The number of nitrogens with zero attached hydrogens (tertiary/aromatic N) is 1. The van der Waals surface area contributed by atoms with Crippen molar-refractivity contribution in [1.82, 2.24) is 4.90 Å². The van der Waals surface area contributed by atoms with Gasteiger partial charge in [0.2, 0.25) is 0 Å². The number of aliphatic hydroxyl groups is 2. The largest absolute Gasteiger partial charge is 0.493 e. The molecule has 172 valence electrons. The molecule has 2 aliphatic heterocycles. The van der Waals surface area contributed by atoms with Crippen molar-refractivity contribution in [2.45, 2.75) is 48.5 Å². The lowest BCUT2D eigenvalue weighted by Gasteiger charge is -2.61. The Morgan fingerprint density at radius 3 is 2.79 bits per heavy atom. The molecule has 1 fully saturated rings. The van der Waals surface area contributed by atoms with Crippen LogP contribution < -0.4 is 9.47 Å². The minimum atomic E-state index is -1.41. The van der Waals surface area contributed by atoms with Gasteiger partial charge in [0.25, 0.3) is 0 Å². The lowest BCUT2D eigenvalue weighted by molar-refractivity contribution is -0.172. The Labute approximate surface area is 192 Å². The number of hydrogen-bond donors (Lipinski definition) is 2. The van der Waals surface area contributed by atoms with Crippen LogP contribution in [0.15, 0.2) is 54.3 Å². The third-order valence-corrected chi connectivity index (χ3v) is 8.11. The first-order chi connectivity index (χ1) is 15.9. The molecule has 2 aromatic carbocycles. The van der Waals surface area contributed by atoms with Crippen molar-refractivity contribution in [3.63, 3.8) is 0 Å². The highest BCUT2D eigenvalue weighted by Gasteiger charge is 2.72. The number of likely N-dealkylation sites (tertiary alicyclic amines) is 1. The molecular formula is C26H27NO6. The Morgan fingerprint density at radius 1 is 1.24 bits per heavy atom. The van der Waals surface area contributed by atoms with Crippen LogP contribution in [0.4, 0.5) is 0 Å². The molecule has 2 aromatic rings. The number of aliphatic hydroxyl groups excluding tert-OH is 1. The number of ether oxygens (including phenoxy) is 3. The summed E-state index contributed by atoms with van der Waals surface area (Å²) in [5, 5.41) is 22.8. The van der Waals surface area contributed by atoms with E-state index in [1.54, 1.807) is 37.5 Å². The van der Waals surface area contributed by atoms with Crippen LogP contribution in [0.5, 0.6) is 11.5 Å². The average Bonchev–Trinajstić information content (AvgIpc) is 3.19. The minimum absolute atomic E-state index is 0.0763. The second-order valence-electron chi connectivity index (χ2n) is 9.52. The molecule has 2 aliphatic carbocycles. The molecule has 1 spiro atoms. The smallest absolute Gasteiger partial charge is 0.344 e. The van der Waals surface area contributed by atoms with Gasteiger partial charge < -0.3 is 29.3 Å². The third-order valence-electron chi connectivity index (χ3n) is 8.11. The quantitative estimate of drug-likeness (QED) is 0.692. The van der Waals surface area contributed by atoms with Crippen LogP contribution in [0, 0.1) is 0 Å². The number of benzene rings is 2. The molecule has 2 bridgehead atoms. The summed E-state index contributed by atoms with van der Waals surface area (Å²) >= 11 is 0. The zero-order valence-electron chi connectivity index (χ0n) is 18.7. The van der Waals surface area contributed by atoms with Crippen LogP contribution in [0.25, 0.3) is 0 Å². The van der Waals surface area contributed by atoms with Crippen molar-refractivity contribution in [2.24, 2.45) is 0 Å². The van der Waals surface area contributed by atoms with Crippen LogP contribution in [0.2, 0.25) is 0 Å². The van der Waals surface area contributed by atoms with Crippen molar-refractivity contribution in [1.29, 1.82) is 0 Å². The number of methoxy groups -OCH3 is 1. The summed E-state index contributed by atoms with van der Waals surface area (Å²) in [5.41, 5.74) is 0.757. The lowest BCUT2D eigenvalue weighted by Crippen LogP contribution is -2.74. The molecule has 33 heavy (non-hydrogen) atoms. The van der Waals surface area contributed by atoms with E-state index in [1.165, 1.54) is 0 Å². The number of likely N-dealkylation sites (N-methyl/N-ethyl adjacent to an activating group) is 1. The van der Waals surface area contributed by atoms with Crippen molar-refractivity contribution in [2.75, 3.05) is 20.7 Å². The molecular weight excluding hydrogens is 422 g/mol. The fraction of sp³-hybridized carbons (Fsp3) is 0.423. The van der Waals surface area contributed by atoms with Gasteiger partial charge in [0.15, 0.2) is 23.7 Å². The van der Waals surface area contributed by atoms with Crippen LogP contribution in [0.1, 0.15) is 35.6 Å². The second-order valence-corrected chi connectivity index (χ2v) is 9.52. The predicted octanol–water partition coefficient (Wildman–Crippen LogP) is 2.25. The highest BCUT2D eigenvalue weighted by Crippen LogP contribution is 2.65. The number of rotatable bonds is 4. The zero-order chi connectivity index (χ0) is 23.0. The van der Waals surface area contributed by atoms with Gasteiger partial charge in [-0.15, -0.1) is 0 Å². The Balaban J connectivity index is 1.44. The number of carbonyl (C=O) groups excluding carboxylic acids is 1. The second kappa shape index (κ2) is 7.06. The van der Waals surface area contributed by atoms with Gasteiger partial charge >= 0.3 is 5.97 Å². The van der Waals surface area contributed by atoms with Crippen molar-refractivity contribution < 1.29 is 29.2 Å². The van der Waals surface area contributed by atoms with Crippen LogP contribution in [0.3, 0.4) is 0 Å². The van der Waals surface area contributed by atoms with Crippen LogP contribution in [-0.2, 0) is 21.4 Å². The van der Waals surface area contributed by atoms with Gasteiger partial charge in [0, 0.05) is 18.0 Å². The van der Waals surface area contributed by atoms with E-state index in [0.717, 1.165) is 17.7 Å². The molecule has 1 saturated heterocycles. The van der Waals surface area contributed by atoms with Gasteiger partial charge in [0.1, 0.15) is 5.76 Å². The molecule has 4 aliphatic rings. The molecule has 1 unspecified atom stereocenters. The SMILES string of the molecule is COc1ccc2c3c1O[C@H]1C(OC(=O)C(O)c4ccccc4)=CC[C@@]4(O)[C@@H](C2)N(C)CC[C@]314. The molecule has 7 nitrogen and oxygen atoms in total. The number of piperidine rings is 1. The summed E-state index contributed by atoms with van der Waals surface area (Å²) in [4.78, 5) is 15.1. The first-order valence-corrected chi connectivity index (χ1v) is 11.3. The summed E-state index contributed by atoms with van der Waals surface area (Å²) in [7, 11) is 3.64. The van der Waals surface area contributed by atoms with E-state index in [1.807, 2.05) is 19.2 Å². The molecule has 0 saturated carbocycles. The molecule has 0 aromatic heterocycles. The maximum Gasteiger partial charge on any atom is 0.344 e. The molecule has 6 rings (SSSR count). The molecule has 5 atom stereocenters. The van der Waals surface area contributed by atoms with Crippen molar-refractivity contribution in [3.05, 3.63) is 71.0 Å². The highest BCUT2D eigenvalue weighted by atomic mass is 16.6. The van der Waals surface area contributed by atoms with E-state index in [0.29, 0.717) is 42.1 Å². The van der Waals surface area contributed by atoms with E-state index in [9.17, 15) is 15.0 Å². The topological polar surface area (TPSA) is 88.5 Å². The van der Waals surface area contributed by atoms with Crippen LogP contribution in [-0.4, -0.2) is 59.5 Å². The molecule has 0 radical (unpaired) electrons. The van der Waals surface area contributed by atoms with Crippen molar-refractivity contribution >= 4 is 5.97 Å². The first-order valence-electron chi connectivity index (χ1n) is 11.3. The van der Waals surface area contributed by atoms with Gasteiger partial charge in [-0.3, -0.25) is 0 Å². The third kappa shape index (κ3) is 2.58. The van der Waals surface area contributed by atoms with Gasteiger partial charge in [0.05, 0.1) is 18.1 Å². The van der Waals surface area contributed by atoms with E-state index in [4.69, 9.17) is 14.2 Å². The standard InChI is InChI=1S/C26H27NO6/c1-27-13-12-25-20-16-8-9-17(31-2)22(20)33-23(25)18(10-11-26(25,30)19(27)14-16)32-24(29)21(28)15-6-4-3-5-7-15/h3-10,19,21,23,28,30H,11-14H2,1-2H3/t19-,21?,23+,25+,26-/m1/s1. The fourth-order valence-corrected chi connectivity index (χ4v) is 6.53.